The lowest BCUT2D eigenvalue weighted by atomic mass is 9.73. The van der Waals surface area contributed by atoms with Gasteiger partial charge < -0.3 is 10.7 Å². The van der Waals surface area contributed by atoms with E-state index in [0.29, 0.717) is 11.4 Å². The van der Waals surface area contributed by atoms with E-state index >= 15 is 0 Å². The zero-order valence-electron chi connectivity index (χ0n) is 12.0. The number of hydrazine groups is 1. The maximum Gasteiger partial charge on any atom is 0.316 e. The molecule has 2 rings (SSSR count). The zero-order valence-corrected chi connectivity index (χ0v) is 12.0. The Morgan fingerprint density at radius 3 is 2.65 bits per heavy atom. The van der Waals surface area contributed by atoms with Crippen LogP contribution in [-0.2, 0) is 0 Å². The maximum atomic E-state index is 11.3. The van der Waals surface area contributed by atoms with E-state index in [1.807, 2.05) is 0 Å². The first-order valence-corrected chi connectivity index (χ1v) is 6.96. The van der Waals surface area contributed by atoms with Gasteiger partial charge in [0.15, 0.2) is 0 Å². The maximum absolute atomic E-state index is 11.3. The van der Waals surface area contributed by atoms with Gasteiger partial charge in [-0.3, -0.25) is 16.0 Å². The van der Waals surface area contributed by atoms with Crippen LogP contribution in [0.25, 0.3) is 0 Å². The topological polar surface area (TPSA) is 93.2 Å². The highest BCUT2D eigenvalue weighted by atomic mass is 16.6. The highest BCUT2D eigenvalue weighted by Crippen LogP contribution is 2.40. The summed E-state index contributed by atoms with van der Waals surface area (Å²) < 4.78 is 0. The van der Waals surface area contributed by atoms with Crippen LogP contribution >= 0.6 is 0 Å². The molecule has 0 radical (unpaired) electrons. The zero-order chi connectivity index (χ0) is 14.8. The number of rotatable bonds is 4. The lowest BCUT2D eigenvalue weighted by Crippen LogP contribution is -2.39. The van der Waals surface area contributed by atoms with Gasteiger partial charge in [-0.25, -0.2) is 0 Å². The molecule has 0 aliphatic heterocycles. The molecule has 1 aromatic rings. The number of nitrogens with zero attached hydrogens (tertiary/aromatic N) is 1. The van der Waals surface area contributed by atoms with Gasteiger partial charge in [-0.1, -0.05) is 32.8 Å². The fourth-order valence-electron chi connectivity index (χ4n) is 2.92. The molecule has 0 spiro atoms. The normalized spacial score (nSPS) is 21.2. The lowest BCUT2D eigenvalue weighted by Gasteiger charge is -2.39. The summed E-state index contributed by atoms with van der Waals surface area (Å²) >= 11 is 0. The number of anilines is 2. The summed E-state index contributed by atoms with van der Waals surface area (Å²) in [5, 5.41) is 14.6. The summed E-state index contributed by atoms with van der Waals surface area (Å²) in [6, 6.07) is 5.35. The Morgan fingerprint density at radius 1 is 1.35 bits per heavy atom. The number of hydrogen-bond acceptors (Lipinski definition) is 5. The van der Waals surface area contributed by atoms with Crippen LogP contribution in [0, 0.1) is 15.5 Å². The van der Waals surface area contributed by atoms with Gasteiger partial charge in [0, 0.05) is 6.04 Å². The number of nitrogens with one attached hydrogen (secondary N) is 2. The summed E-state index contributed by atoms with van der Waals surface area (Å²) in [6.45, 7) is 4.42. The summed E-state index contributed by atoms with van der Waals surface area (Å²) in [6.07, 6.45) is 4.54. The molecule has 0 amide bonds. The lowest BCUT2D eigenvalue weighted by molar-refractivity contribution is -0.383. The van der Waals surface area contributed by atoms with Crippen LogP contribution in [0.3, 0.4) is 0 Å². The van der Waals surface area contributed by atoms with Crippen molar-refractivity contribution in [1.29, 1.82) is 0 Å². The Hall–Kier alpha value is -1.82. The van der Waals surface area contributed by atoms with Crippen molar-refractivity contribution in [2.24, 2.45) is 11.3 Å². The Kier molecular flexibility index (Phi) is 4.13. The molecule has 4 N–H and O–H groups in total. The van der Waals surface area contributed by atoms with Crippen molar-refractivity contribution in [3.05, 3.63) is 28.3 Å². The van der Waals surface area contributed by atoms with E-state index in [4.69, 9.17) is 5.84 Å². The first-order chi connectivity index (χ1) is 9.45. The minimum Gasteiger partial charge on any atom is -0.376 e. The fourth-order valence-corrected chi connectivity index (χ4v) is 2.92. The second-order valence-electron chi connectivity index (χ2n) is 6.03. The van der Waals surface area contributed by atoms with Crippen molar-refractivity contribution in [3.8, 4) is 0 Å². The first kappa shape index (κ1) is 14.6. The number of nitrogen functional groups attached to an aromatic ring is 1. The molecule has 0 aromatic heterocycles. The SMILES string of the molecule is CC1(C)CCCCC1Nc1cccc(NN)c1[N+](=O)[O-]. The van der Waals surface area contributed by atoms with E-state index in [-0.39, 0.29) is 17.1 Å². The molecule has 20 heavy (non-hydrogen) atoms. The fraction of sp³-hybridized carbons (Fsp3) is 0.571. The van der Waals surface area contributed by atoms with Gasteiger partial charge in [-0.2, -0.15) is 0 Å². The third-order valence-electron chi connectivity index (χ3n) is 4.21. The Labute approximate surface area is 118 Å². The molecule has 1 aromatic carbocycles. The molecule has 110 valence electrons. The molecule has 6 nitrogen and oxygen atoms in total. The van der Waals surface area contributed by atoms with Gasteiger partial charge in [0.2, 0.25) is 0 Å². The molecule has 1 fully saturated rings. The van der Waals surface area contributed by atoms with Crippen LogP contribution in [0.15, 0.2) is 18.2 Å². The van der Waals surface area contributed by atoms with Crippen molar-refractivity contribution in [1.82, 2.24) is 0 Å². The van der Waals surface area contributed by atoms with Crippen LogP contribution in [0.1, 0.15) is 39.5 Å². The number of para-hydroxylation sites is 1. The summed E-state index contributed by atoms with van der Waals surface area (Å²) in [5.41, 5.74) is 3.40. The van der Waals surface area contributed by atoms with E-state index in [1.54, 1.807) is 18.2 Å². The van der Waals surface area contributed by atoms with Crippen molar-refractivity contribution < 1.29 is 4.92 Å². The molecule has 1 saturated carbocycles. The van der Waals surface area contributed by atoms with E-state index in [1.165, 1.54) is 6.42 Å². The summed E-state index contributed by atoms with van der Waals surface area (Å²) in [7, 11) is 0. The number of hydrogen-bond donors (Lipinski definition) is 3. The molecule has 0 saturated heterocycles. The molecule has 0 heterocycles. The largest absolute Gasteiger partial charge is 0.376 e. The van der Waals surface area contributed by atoms with Gasteiger partial charge in [0.1, 0.15) is 11.4 Å². The van der Waals surface area contributed by atoms with Gasteiger partial charge in [0.25, 0.3) is 0 Å². The first-order valence-electron chi connectivity index (χ1n) is 6.96. The van der Waals surface area contributed by atoms with Crippen LogP contribution in [0.2, 0.25) is 0 Å². The summed E-state index contributed by atoms with van der Waals surface area (Å²) in [5.74, 6) is 5.36. The number of nitrogens with two attached hydrogens (primary N) is 1. The number of benzene rings is 1. The third kappa shape index (κ3) is 2.85. The van der Waals surface area contributed by atoms with Crippen molar-refractivity contribution in [3.63, 3.8) is 0 Å². The Morgan fingerprint density at radius 2 is 2.05 bits per heavy atom. The molecular weight excluding hydrogens is 256 g/mol. The van der Waals surface area contributed by atoms with E-state index < -0.39 is 4.92 Å². The van der Waals surface area contributed by atoms with Crippen molar-refractivity contribution in [2.45, 2.75) is 45.6 Å². The third-order valence-corrected chi connectivity index (χ3v) is 4.21. The highest BCUT2D eigenvalue weighted by molar-refractivity contribution is 5.76. The average Bonchev–Trinajstić information content (AvgIpc) is 2.40. The molecule has 1 atom stereocenters. The minimum absolute atomic E-state index is 0.0105. The predicted molar refractivity (Wildman–Crippen MR) is 80.6 cm³/mol. The quantitative estimate of drug-likeness (QED) is 0.446. The van der Waals surface area contributed by atoms with E-state index in [9.17, 15) is 10.1 Å². The standard InChI is InChI=1S/C14H22N4O2/c1-14(2)9-4-3-8-12(14)16-10-6-5-7-11(17-15)13(10)18(19)20/h5-7,12,16-17H,3-4,8-9,15H2,1-2H3. The van der Waals surface area contributed by atoms with Gasteiger partial charge in [-0.05, 0) is 30.4 Å². The molecule has 1 aliphatic carbocycles. The van der Waals surface area contributed by atoms with Gasteiger partial charge in [-0.15, -0.1) is 0 Å². The predicted octanol–water partition coefficient (Wildman–Crippen LogP) is 3.26. The van der Waals surface area contributed by atoms with Crippen LogP contribution in [0.4, 0.5) is 17.1 Å². The van der Waals surface area contributed by atoms with Crippen LogP contribution < -0.4 is 16.6 Å². The smallest absolute Gasteiger partial charge is 0.316 e. The summed E-state index contributed by atoms with van der Waals surface area (Å²) in [4.78, 5) is 10.9. The molecule has 0 bridgehead atoms. The molecule has 1 unspecified atom stereocenters. The van der Waals surface area contributed by atoms with Crippen LogP contribution in [0.5, 0.6) is 0 Å². The molecule has 6 heteroatoms. The molecular formula is C14H22N4O2. The van der Waals surface area contributed by atoms with Gasteiger partial charge >= 0.3 is 5.69 Å². The van der Waals surface area contributed by atoms with Crippen LogP contribution in [-0.4, -0.2) is 11.0 Å². The Bertz CT molecular complexity index is 502. The van der Waals surface area contributed by atoms with E-state index in [0.717, 1.165) is 19.3 Å². The van der Waals surface area contributed by atoms with E-state index in [2.05, 4.69) is 24.6 Å². The number of nitro benzene ring substituents is 1. The van der Waals surface area contributed by atoms with Gasteiger partial charge in [0.05, 0.1) is 4.92 Å². The minimum atomic E-state index is -0.395. The second-order valence-corrected chi connectivity index (χ2v) is 6.03. The van der Waals surface area contributed by atoms with Crippen molar-refractivity contribution in [2.75, 3.05) is 10.7 Å². The number of nitro groups is 1. The highest BCUT2D eigenvalue weighted by Gasteiger charge is 2.33. The molecule has 1 aliphatic rings. The van der Waals surface area contributed by atoms with Crippen molar-refractivity contribution >= 4 is 17.1 Å². The average molecular weight is 278 g/mol. The monoisotopic (exact) mass is 278 g/mol. The Balaban J connectivity index is 2.31. The second kappa shape index (κ2) is 5.66.